The van der Waals surface area contributed by atoms with E-state index in [4.69, 9.17) is 4.74 Å². The van der Waals surface area contributed by atoms with E-state index in [1.807, 2.05) is 13.0 Å². The highest BCUT2D eigenvalue weighted by Crippen LogP contribution is 2.52. The molecule has 0 saturated heterocycles. The highest BCUT2D eigenvalue weighted by Gasteiger charge is 2.64. The fraction of sp³-hybridized carbons (Fsp3) is 0.579. The molecule has 0 radical (unpaired) electrons. The van der Waals surface area contributed by atoms with Crippen LogP contribution in [0.5, 0.6) is 0 Å². The molecule has 3 amide bonds. The van der Waals surface area contributed by atoms with E-state index < -0.39 is 33.9 Å². The van der Waals surface area contributed by atoms with Crippen molar-refractivity contribution in [2.45, 2.75) is 50.2 Å². The SMILES string of the molecule is CCC(CCCN(C(=O)NC)C(=O)C1(c2ccccc2)CC1N=S(=O)=O)OC. The molecule has 0 bridgehead atoms. The van der Waals surface area contributed by atoms with Gasteiger partial charge in [-0.15, -0.1) is 0 Å². The third-order valence-corrected chi connectivity index (χ3v) is 5.64. The van der Waals surface area contributed by atoms with E-state index in [-0.39, 0.29) is 19.1 Å². The van der Waals surface area contributed by atoms with E-state index in [1.54, 1.807) is 31.4 Å². The third-order valence-electron chi connectivity index (χ3n) is 5.21. The average molecular weight is 410 g/mol. The summed E-state index contributed by atoms with van der Waals surface area (Å²) in [4.78, 5) is 27.0. The van der Waals surface area contributed by atoms with Crippen molar-refractivity contribution >= 4 is 22.4 Å². The summed E-state index contributed by atoms with van der Waals surface area (Å²) in [7, 11) is 0.477. The lowest BCUT2D eigenvalue weighted by molar-refractivity contribution is -0.131. The summed E-state index contributed by atoms with van der Waals surface area (Å²) < 4.78 is 31.2. The van der Waals surface area contributed by atoms with Gasteiger partial charge >= 0.3 is 16.5 Å². The Hall–Kier alpha value is -2.26. The lowest BCUT2D eigenvalue weighted by Crippen LogP contribution is -2.48. The predicted molar refractivity (Wildman–Crippen MR) is 104 cm³/mol. The summed E-state index contributed by atoms with van der Waals surface area (Å²) in [6.45, 7) is 2.24. The number of carbonyl (C=O) groups is 2. The maximum atomic E-state index is 13.4. The number of carbonyl (C=O) groups excluding carboxylic acids is 2. The van der Waals surface area contributed by atoms with Crippen LogP contribution in [0.4, 0.5) is 4.79 Å². The summed E-state index contributed by atoms with van der Waals surface area (Å²) in [6.07, 6.45) is 2.47. The van der Waals surface area contributed by atoms with Gasteiger partial charge in [0.2, 0.25) is 5.91 Å². The maximum absolute atomic E-state index is 13.4. The lowest BCUT2D eigenvalue weighted by Gasteiger charge is -2.26. The molecule has 1 aliphatic carbocycles. The van der Waals surface area contributed by atoms with Gasteiger partial charge in [0, 0.05) is 20.7 Å². The number of hydrogen-bond donors (Lipinski definition) is 1. The quantitative estimate of drug-likeness (QED) is 0.673. The fourth-order valence-electron chi connectivity index (χ4n) is 3.51. The van der Waals surface area contributed by atoms with E-state index in [0.717, 1.165) is 6.42 Å². The van der Waals surface area contributed by atoms with Crippen molar-refractivity contribution in [2.24, 2.45) is 4.36 Å². The van der Waals surface area contributed by atoms with Crippen LogP contribution in [0.2, 0.25) is 0 Å². The molecular weight excluding hydrogens is 382 g/mol. The van der Waals surface area contributed by atoms with Gasteiger partial charge in [-0.05, 0) is 31.2 Å². The number of rotatable bonds is 9. The summed E-state index contributed by atoms with van der Waals surface area (Å²) in [5.41, 5.74) is -0.462. The van der Waals surface area contributed by atoms with Crippen molar-refractivity contribution in [1.82, 2.24) is 10.2 Å². The number of imide groups is 1. The summed E-state index contributed by atoms with van der Waals surface area (Å²) in [5.74, 6) is -0.428. The number of methoxy groups -OCH3 is 1. The molecule has 9 heteroatoms. The molecule has 28 heavy (non-hydrogen) atoms. The second-order valence-electron chi connectivity index (χ2n) is 6.80. The first-order valence-corrected chi connectivity index (χ1v) is 10.4. The Kier molecular flexibility index (Phi) is 7.70. The van der Waals surface area contributed by atoms with Crippen LogP contribution in [0, 0.1) is 0 Å². The smallest absolute Gasteiger partial charge is 0.323 e. The Morgan fingerprint density at radius 3 is 2.57 bits per heavy atom. The summed E-state index contributed by atoms with van der Waals surface area (Å²) in [5, 5.41) is 2.50. The van der Waals surface area contributed by atoms with Gasteiger partial charge in [-0.25, -0.2) is 4.79 Å². The Labute approximate surface area is 167 Å². The van der Waals surface area contributed by atoms with Gasteiger partial charge in [-0.3, -0.25) is 9.69 Å². The van der Waals surface area contributed by atoms with E-state index in [0.29, 0.717) is 18.4 Å². The van der Waals surface area contributed by atoms with Crippen LogP contribution in [0.15, 0.2) is 34.7 Å². The zero-order chi connectivity index (χ0) is 20.7. The van der Waals surface area contributed by atoms with Crippen molar-refractivity contribution < 1.29 is 22.7 Å². The molecule has 1 saturated carbocycles. The number of amides is 3. The highest BCUT2D eigenvalue weighted by molar-refractivity contribution is 7.61. The molecule has 1 aromatic carbocycles. The van der Waals surface area contributed by atoms with Crippen molar-refractivity contribution in [2.75, 3.05) is 20.7 Å². The average Bonchev–Trinajstić information content (AvgIpc) is 3.42. The molecule has 2 rings (SSSR count). The first-order valence-electron chi connectivity index (χ1n) is 9.32. The van der Waals surface area contributed by atoms with Crippen LogP contribution in [0.1, 0.15) is 38.2 Å². The predicted octanol–water partition coefficient (Wildman–Crippen LogP) is 2.13. The topological polar surface area (TPSA) is 105 Å². The lowest BCUT2D eigenvalue weighted by atomic mass is 9.93. The standard InChI is InChI=1S/C19H27N3O5S/c1-4-15(27-3)11-8-12-22(18(24)20-2)17(23)19(13-16(19)21-28(25)26)14-9-6-5-7-10-14/h5-7,9-10,15-16H,4,8,11-13H2,1-3H3,(H,20,24). The second kappa shape index (κ2) is 9.79. The van der Waals surface area contributed by atoms with Crippen LogP contribution < -0.4 is 5.32 Å². The van der Waals surface area contributed by atoms with Gasteiger partial charge in [-0.1, -0.05) is 37.3 Å². The minimum Gasteiger partial charge on any atom is -0.381 e. The van der Waals surface area contributed by atoms with E-state index in [9.17, 15) is 18.0 Å². The molecule has 0 heterocycles. The Balaban J connectivity index is 2.29. The van der Waals surface area contributed by atoms with E-state index >= 15 is 0 Å². The molecule has 3 unspecified atom stereocenters. The van der Waals surface area contributed by atoms with Crippen LogP contribution >= 0.6 is 0 Å². The largest absolute Gasteiger partial charge is 0.381 e. The fourth-order valence-corrected chi connectivity index (χ4v) is 3.98. The van der Waals surface area contributed by atoms with E-state index in [2.05, 4.69) is 9.68 Å². The van der Waals surface area contributed by atoms with E-state index in [1.165, 1.54) is 11.9 Å². The molecule has 0 aliphatic heterocycles. The molecule has 1 N–H and O–H groups in total. The first-order chi connectivity index (χ1) is 13.4. The number of nitrogens with one attached hydrogen (secondary N) is 1. The minimum absolute atomic E-state index is 0.0660. The van der Waals surface area contributed by atoms with Crippen molar-refractivity contribution in [1.29, 1.82) is 0 Å². The van der Waals surface area contributed by atoms with Crippen molar-refractivity contribution in [3.05, 3.63) is 35.9 Å². The van der Waals surface area contributed by atoms with Gasteiger partial charge < -0.3 is 10.1 Å². The van der Waals surface area contributed by atoms with Crippen LogP contribution in [-0.2, 0) is 25.4 Å². The van der Waals surface area contributed by atoms with Gasteiger partial charge in [0.05, 0.1) is 12.1 Å². The molecule has 8 nitrogen and oxygen atoms in total. The maximum Gasteiger partial charge on any atom is 0.323 e. The van der Waals surface area contributed by atoms with Crippen molar-refractivity contribution in [3.63, 3.8) is 0 Å². The molecule has 1 fully saturated rings. The van der Waals surface area contributed by atoms with Gasteiger partial charge in [0.25, 0.3) is 0 Å². The third kappa shape index (κ3) is 4.77. The Morgan fingerprint density at radius 1 is 1.36 bits per heavy atom. The molecular formula is C19H27N3O5S. The van der Waals surface area contributed by atoms with Crippen LogP contribution in [-0.4, -0.2) is 58.1 Å². The van der Waals surface area contributed by atoms with Crippen LogP contribution in [0.25, 0.3) is 0 Å². The zero-order valence-electron chi connectivity index (χ0n) is 16.4. The number of benzene rings is 1. The second-order valence-corrected chi connectivity index (χ2v) is 7.44. The monoisotopic (exact) mass is 409 g/mol. The number of urea groups is 1. The molecule has 0 spiro atoms. The highest BCUT2D eigenvalue weighted by atomic mass is 32.2. The number of ether oxygens (including phenoxy) is 1. The zero-order valence-corrected chi connectivity index (χ0v) is 17.2. The molecule has 154 valence electrons. The summed E-state index contributed by atoms with van der Waals surface area (Å²) >= 11 is 0. The Morgan fingerprint density at radius 2 is 2.04 bits per heavy atom. The molecule has 3 atom stereocenters. The van der Waals surface area contributed by atoms with Crippen LogP contribution in [0.3, 0.4) is 0 Å². The Bertz CT molecular complexity index is 815. The number of hydrogen-bond acceptors (Lipinski definition) is 6. The first kappa shape index (κ1) is 22.0. The molecule has 1 aliphatic rings. The minimum atomic E-state index is -2.62. The van der Waals surface area contributed by atoms with Gasteiger partial charge in [0.1, 0.15) is 5.41 Å². The van der Waals surface area contributed by atoms with Gasteiger partial charge in [-0.2, -0.15) is 12.8 Å². The summed E-state index contributed by atoms with van der Waals surface area (Å²) in [6, 6.07) is 7.69. The molecule has 0 aromatic heterocycles. The van der Waals surface area contributed by atoms with Crippen molar-refractivity contribution in [3.8, 4) is 0 Å². The number of nitrogens with zero attached hydrogens (tertiary/aromatic N) is 2. The molecule has 1 aromatic rings. The van der Waals surface area contributed by atoms with Gasteiger partial charge in [0.15, 0.2) is 0 Å². The normalized spacial score (nSPS) is 21.5.